The monoisotopic (exact) mass is 284 g/mol. The molecule has 6 nitrogen and oxygen atoms in total. The van der Waals surface area contributed by atoms with Crippen LogP contribution in [0.3, 0.4) is 0 Å². The van der Waals surface area contributed by atoms with Crippen LogP contribution in [0.15, 0.2) is 18.5 Å². The average Bonchev–Trinajstić information content (AvgIpc) is 2.46. The predicted octanol–water partition coefficient (Wildman–Crippen LogP) is 0.728. The van der Waals surface area contributed by atoms with Gasteiger partial charge in [-0.3, -0.25) is 0 Å². The van der Waals surface area contributed by atoms with Crippen LogP contribution in [-0.4, -0.2) is 54.6 Å². The Bertz CT molecular complexity index is 484. The number of nitrogens with zero attached hydrogens (tertiary/aromatic N) is 4. The van der Waals surface area contributed by atoms with E-state index in [4.69, 9.17) is 0 Å². The van der Waals surface area contributed by atoms with Crippen molar-refractivity contribution in [1.29, 1.82) is 0 Å². The van der Waals surface area contributed by atoms with Gasteiger partial charge in [-0.1, -0.05) is 13.3 Å². The average molecular weight is 284 g/mol. The maximum atomic E-state index is 12.1. The molecule has 1 aliphatic rings. The first-order valence-electron chi connectivity index (χ1n) is 6.63. The van der Waals surface area contributed by atoms with Crippen LogP contribution in [-0.2, 0) is 10.0 Å². The smallest absolute Gasteiger partial charge is 0.225 e. The van der Waals surface area contributed by atoms with Crippen molar-refractivity contribution in [3.8, 4) is 0 Å². The van der Waals surface area contributed by atoms with E-state index < -0.39 is 10.0 Å². The van der Waals surface area contributed by atoms with Crippen LogP contribution >= 0.6 is 0 Å². The van der Waals surface area contributed by atoms with Gasteiger partial charge in [0.15, 0.2) is 0 Å². The van der Waals surface area contributed by atoms with Gasteiger partial charge in [0, 0.05) is 38.6 Å². The lowest BCUT2D eigenvalue weighted by Crippen LogP contribution is -2.49. The topological polar surface area (TPSA) is 66.4 Å². The molecular weight excluding hydrogens is 264 g/mol. The Morgan fingerprint density at radius 3 is 2.37 bits per heavy atom. The molecule has 0 atom stereocenters. The van der Waals surface area contributed by atoms with Crippen molar-refractivity contribution in [3.63, 3.8) is 0 Å². The van der Waals surface area contributed by atoms with Crippen LogP contribution in [0.4, 0.5) is 5.95 Å². The molecule has 0 amide bonds. The minimum atomic E-state index is -3.09. The van der Waals surface area contributed by atoms with Crippen molar-refractivity contribution in [1.82, 2.24) is 14.3 Å². The molecule has 2 rings (SSSR count). The van der Waals surface area contributed by atoms with E-state index in [1.54, 1.807) is 22.8 Å². The van der Waals surface area contributed by atoms with Gasteiger partial charge in [0.1, 0.15) is 0 Å². The van der Waals surface area contributed by atoms with Crippen molar-refractivity contribution >= 4 is 16.0 Å². The van der Waals surface area contributed by atoms with Gasteiger partial charge >= 0.3 is 0 Å². The number of rotatable bonds is 5. The molecule has 0 aliphatic carbocycles. The van der Waals surface area contributed by atoms with E-state index in [0.29, 0.717) is 32.1 Å². The zero-order chi connectivity index (χ0) is 13.7. The quantitative estimate of drug-likeness (QED) is 0.797. The Morgan fingerprint density at radius 1 is 1.16 bits per heavy atom. The summed E-state index contributed by atoms with van der Waals surface area (Å²) in [6.45, 7) is 4.33. The highest BCUT2D eigenvalue weighted by molar-refractivity contribution is 7.89. The number of aromatic nitrogens is 2. The third kappa shape index (κ3) is 3.63. The zero-order valence-corrected chi connectivity index (χ0v) is 12.0. The van der Waals surface area contributed by atoms with Crippen LogP contribution < -0.4 is 4.90 Å². The molecule has 1 aromatic rings. The predicted molar refractivity (Wildman–Crippen MR) is 74.5 cm³/mol. The Labute approximate surface area is 114 Å². The molecule has 0 N–H and O–H groups in total. The Morgan fingerprint density at radius 2 is 1.79 bits per heavy atom. The molecule has 0 unspecified atom stereocenters. The fraction of sp³-hybridized carbons (Fsp3) is 0.667. The van der Waals surface area contributed by atoms with Gasteiger partial charge in [0.05, 0.1) is 5.75 Å². The number of piperazine rings is 1. The van der Waals surface area contributed by atoms with Gasteiger partial charge in [0.25, 0.3) is 0 Å². The maximum Gasteiger partial charge on any atom is 0.225 e. The van der Waals surface area contributed by atoms with Crippen LogP contribution in [0.2, 0.25) is 0 Å². The van der Waals surface area contributed by atoms with E-state index in [2.05, 4.69) is 9.97 Å². The minimum Gasteiger partial charge on any atom is -0.338 e. The molecule has 1 saturated heterocycles. The number of hydrogen-bond donors (Lipinski definition) is 0. The van der Waals surface area contributed by atoms with Gasteiger partial charge < -0.3 is 4.90 Å². The van der Waals surface area contributed by atoms with Crippen LogP contribution in [0.25, 0.3) is 0 Å². The fourth-order valence-electron chi connectivity index (χ4n) is 2.08. The van der Waals surface area contributed by atoms with E-state index in [9.17, 15) is 8.42 Å². The first-order valence-corrected chi connectivity index (χ1v) is 8.24. The van der Waals surface area contributed by atoms with Crippen molar-refractivity contribution < 1.29 is 8.42 Å². The van der Waals surface area contributed by atoms with Gasteiger partial charge in [-0.05, 0) is 12.5 Å². The zero-order valence-electron chi connectivity index (χ0n) is 11.2. The summed E-state index contributed by atoms with van der Waals surface area (Å²) < 4.78 is 25.7. The van der Waals surface area contributed by atoms with Crippen LogP contribution in [0, 0.1) is 0 Å². The van der Waals surface area contributed by atoms with Crippen LogP contribution in [0.5, 0.6) is 0 Å². The molecule has 0 bridgehead atoms. The summed E-state index contributed by atoms with van der Waals surface area (Å²) in [7, 11) is -3.09. The lowest BCUT2D eigenvalue weighted by Gasteiger charge is -2.33. The third-order valence-electron chi connectivity index (χ3n) is 3.22. The van der Waals surface area contributed by atoms with Crippen LogP contribution in [0.1, 0.15) is 19.8 Å². The number of unbranched alkanes of at least 4 members (excludes halogenated alkanes) is 1. The third-order valence-corrected chi connectivity index (χ3v) is 5.18. The molecule has 0 aromatic carbocycles. The van der Waals surface area contributed by atoms with Gasteiger partial charge in [0.2, 0.25) is 16.0 Å². The highest BCUT2D eigenvalue weighted by Gasteiger charge is 2.27. The molecule has 2 heterocycles. The summed E-state index contributed by atoms with van der Waals surface area (Å²) in [6, 6.07) is 1.77. The summed E-state index contributed by atoms with van der Waals surface area (Å²) in [4.78, 5) is 10.4. The van der Waals surface area contributed by atoms with E-state index in [-0.39, 0.29) is 5.75 Å². The van der Waals surface area contributed by atoms with E-state index in [0.717, 1.165) is 12.8 Å². The first-order chi connectivity index (χ1) is 9.13. The Hall–Kier alpha value is -1.21. The molecule has 0 saturated carbocycles. The second-order valence-electron chi connectivity index (χ2n) is 4.60. The SMILES string of the molecule is CCCCS(=O)(=O)N1CCN(c2ncccn2)CC1. The molecule has 7 heteroatoms. The highest BCUT2D eigenvalue weighted by atomic mass is 32.2. The summed E-state index contributed by atoms with van der Waals surface area (Å²) in [6.07, 6.45) is 5.03. The summed E-state index contributed by atoms with van der Waals surface area (Å²) in [5.74, 6) is 0.929. The van der Waals surface area contributed by atoms with E-state index in [1.807, 2.05) is 11.8 Å². The largest absolute Gasteiger partial charge is 0.338 e. The maximum absolute atomic E-state index is 12.1. The lowest BCUT2D eigenvalue weighted by molar-refractivity contribution is 0.382. The molecule has 1 aliphatic heterocycles. The molecule has 1 aromatic heterocycles. The molecule has 106 valence electrons. The van der Waals surface area contributed by atoms with Gasteiger partial charge in [-0.2, -0.15) is 4.31 Å². The highest BCUT2D eigenvalue weighted by Crippen LogP contribution is 2.13. The van der Waals surface area contributed by atoms with E-state index >= 15 is 0 Å². The second-order valence-corrected chi connectivity index (χ2v) is 6.69. The van der Waals surface area contributed by atoms with Gasteiger partial charge in [-0.15, -0.1) is 0 Å². The Balaban J connectivity index is 1.92. The van der Waals surface area contributed by atoms with Crippen molar-refractivity contribution in [2.45, 2.75) is 19.8 Å². The fourth-order valence-corrected chi connectivity index (χ4v) is 3.71. The van der Waals surface area contributed by atoms with Crippen molar-refractivity contribution in [3.05, 3.63) is 18.5 Å². The van der Waals surface area contributed by atoms with Crippen molar-refractivity contribution in [2.75, 3.05) is 36.8 Å². The molecule has 1 fully saturated rings. The lowest BCUT2D eigenvalue weighted by atomic mass is 10.4. The molecule has 0 radical (unpaired) electrons. The molecular formula is C12H20N4O2S. The summed E-state index contributed by atoms with van der Waals surface area (Å²) in [5, 5.41) is 0. The van der Waals surface area contributed by atoms with Crippen molar-refractivity contribution in [2.24, 2.45) is 0 Å². The second kappa shape index (κ2) is 6.29. The number of sulfonamides is 1. The Kier molecular flexibility index (Phi) is 4.71. The standard InChI is InChI=1S/C12H20N4O2S/c1-2-3-11-19(17,18)16-9-7-15(8-10-16)12-13-5-4-6-14-12/h4-6H,2-3,7-11H2,1H3. The van der Waals surface area contributed by atoms with E-state index in [1.165, 1.54) is 0 Å². The minimum absolute atomic E-state index is 0.255. The molecule has 19 heavy (non-hydrogen) atoms. The summed E-state index contributed by atoms with van der Waals surface area (Å²) >= 11 is 0. The number of anilines is 1. The summed E-state index contributed by atoms with van der Waals surface area (Å²) in [5.41, 5.74) is 0. The molecule has 0 spiro atoms. The number of hydrogen-bond acceptors (Lipinski definition) is 5. The normalized spacial score (nSPS) is 17.6. The van der Waals surface area contributed by atoms with Gasteiger partial charge in [-0.25, -0.2) is 18.4 Å². The first kappa shape index (κ1) is 14.2.